The summed E-state index contributed by atoms with van der Waals surface area (Å²) in [5.41, 5.74) is 16.1. The van der Waals surface area contributed by atoms with Gasteiger partial charge < -0.3 is 0 Å². The number of fused-ring (bicyclic) bond motifs is 9. The fourth-order valence-electron chi connectivity index (χ4n) is 11.4. The van der Waals surface area contributed by atoms with E-state index in [2.05, 4.69) is 220 Å². The number of rotatable bonds is 4. The van der Waals surface area contributed by atoms with Crippen LogP contribution >= 0.6 is 0 Å². The Morgan fingerprint density at radius 1 is 0.267 bits per heavy atom. The lowest BCUT2D eigenvalue weighted by molar-refractivity contribution is 1.63. The molecule has 0 amide bonds. The van der Waals surface area contributed by atoms with Crippen molar-refractivity contribution in [3.63, 3.8) is 0 Å². The van der Waals surface area contributed by atoms with E-state index < -0.39 is 16.1 Å². The van der Waals surface area contributed by atoms with Crippen molar-refractivity contribution in [3.8, 4) is 66.8 Å². The Labute approximate surface area is 354 Å². The van der Waals surface area contributed by atoms with E-state index in [0.29, 0.717) is 0 Å². The Balaban J connectivity index is 1.23. The molecule has 60 heavy (non-hydrogen) atoms. The monoisotopic (exact) mass is 796 g/mol. The van der Waals surface area contributed by atoms with E-state index in [9.17, 15) is 0 Å². The van der Waals surface area contributed by atoms with Gasteiger partial charge in [-0.2, -0.15) is 0 Å². The van der Waals surface area contributed by atoms with Crippen molar-refractivity contribution in [1.82, 2.24) is 0 Å². The first-order chi connectivity index (χ1) is 29.3. The van der Waals surface area contributed by atoms with Crippen molar-refractivity contribution >= 4 is 69.2 Å². The molecule has 0 aliphatic carbocycles. The van der Waals surface area contributed by atoms with Crippen molar-refractivity contribution in [1.29, 1.82) is 0 Å². The van der Waals surface area contributed by atoms with Crippen molar-refractivity contribution in [2.75, 3.05) is 0 Å². The minimum Gasteiger partial charge on any atom is -0.0623 e. The van der Waals surface area contributed by atoms with Crippen LogP contribution in [0, 0.1) is 0 Å². The minimum absolute atomic E-state index is 1.23. The second kappa shape index (κ2) is 13.0. The highest BCUT2D eigenvalue weighted by molar-refractivity contribution is 7.05. The van der Waals surface area contributed by atoms with Crippen molar-refractivity contribution < 1.29 is 0 Å². The van der Waals surface area contributed by atoms with Crippen LogP contribution in [0.2, 0.25) is 26.2 Å². The van der Waals surface area contributed by atoms with Crippen LogP contribution in [-0.2, 0) is 0 Å². The summed E-state index contributed by atoms with van der Waals surface area (Å²) < 4.78 is 0. The molecule has 10 aromatic carbocycles. The SMILES string of the molecule is C[Si]1(C)c2ccccc2-c2cccc(-c3cccc4c(-c5cc(-c6ccccc6)cc6ccccc56)c5cccc(-c6cccc7c6[Si](C)(C)c6ccccc6-7)c5cc34)c21. The molecule has 2 heterocycles. The number of hydrogen-bond donors (Lipinski definition) is 0. The van der Waals surface area contributed by atoms with Crippen LogP contribution in [0.15, 0.2) is 194 Å². The zero-order chi connectivity index (χ0) is 40.3. The van der Waals surface area contributed by atoms with Crippen LogP contribution in [0.1, 0.15) is 0 Å². The Hall–Kier alpha value is -6.59. The normalized spacial score (nSPS) is 14.3. The molecule has 10 aromatic rings. The van der Waals surface area contributed by atoms with Crippen LogP contribution in [0.5, 0.6) is 0 Å². The molecule has 0 saturated heterocycles. The third-order valence-electron chi connectivity index (χ3n) is 14.0. The van der Waals surface area contributed by atoms with Gasteiger partial charge in [0.2, 0.25) is 0 Å². The summed E-state index contributed by atoms with van der Waals surface area (Å²) in [5, 5.41) is 13.9. The maximum Gasteiger partial charge on any atom is 0.114 e. The molecule has 0 nitrogen and oxygen atoms in total. The van der Waals surface area contributed by atoms with E-state index in [1.165, 1.54) is 109 Å². The molecule has 0 fully saturated rings. The van der Waals surface area contributed by atoms with Gasteiger partial charge in [0.15, 0.2) is 0 Å². The summed E-state index contributed by atoms with van der Waals surface area (Å²) in [6.45, 7) is 10.2. The standard InChI is InChI=1S/C58H44Si2/c1-59(2)54-32-12-10-22-43(54)49-30-16-28-47(57(49)59)41-24-14-26-45-51(41)36-52-42(48-29-17-31-50-44-23-11-13-33-55(44)60(3,4)58(48)50)25-15-27-46(52)56(45)53-35-39(37-18-6-5-7-19-37)34-38-20-8-9-21-40(38)53/h5-36H,1-4H3. The first-order valence-electron chi connectivity index (χ1n) is 21.4. The molecule has 0 bridgehead atoms. The molecule has 0 N–H and O–H groups in total. The zero-order valence-corrected chi connectivity index (χ0v) is 36.5. The summed E-state index contributed by atoms with van der Waals surface area (Å²) in [6.07, 6.45) is 0. The maximum atomic E-state index is 2.56. The van der Waals surface area contributed by atoms with Gasteiger partial charge in [0.25, 0.3) is 0 Å². The van der Waals surface area contributed by atoms with E-state index in [4.69, 9.17) is 0 Å². The highest BCUT2D eigenvalue weighted by Crippen LogP contribution is 2.47. The van der Waals surface area contributed by atoms with Gasteiger partial charge in [-0.3, -0.25) is 0 Å². The molecule has 12 rings (SSSR count). The van der Waals surface area contributed by atoms with Gasteiger partial charge in [-0.05, 0) is 138 Å². The molecule has 0 saturated carbocycles. The molecule has 0 aromatic heterocycles. The summed E-state index contributed by atoms with van der Waals surface area (Å²) in [7, 11) is -4.05. The third kappa shape index (κ3) is 4.95. The Kier molecular flexibility index (Phi) is 7.64. The molecular formula is C58H44Si2. The lowest BCUT2D eigenvalue weighted by Crippen LogP contribution is -2.50. The highest BCUT2D eigenvalue weighted by atomic mass is 28.3. The van der Waals surface area contributed by atoms with Crippen LogP contribution in [0.4, 0.5) is 0 Å². The fourth-order valence-corrected chi connectivity index (χ4v) is 18.3. The molecule has 2 aliphatic heterocycles. The molecule has 2 aliphatic rings. The van der Waals surface area contributed by atoms with Crippen molar-refractivity contribution in [2.24, 2.45) is 0 Å². The molecule has 2 heteroatoms. The molecule has 0 spiro atoms. The van der Waals surface area contributed by atoms with E-state index in [1.54, 1.807) is 10.4 Å². The Bertz CT molecular complexity index is 3260. The Morgan fingerprint density at radius 3 is 1.25 bits per heavy atom. The van der Waals surface area contributed by atoms with Gasteiger partial charge in [0, 0.05) is 0 Å². The topological polar surface area (TPSA) is 0 Å². The van der Waals surface area contributed by atoms with E-state index in [1.807, 2.05) is 0 Å². The predicted octanol–water partition coefficient (Wildman–Crippen LogP) is 13.4. The summed E-state index contributed by atoms with van der Waals surface area (Å²) in [6, 6.07) is 73.9. The lowest BCUT2D eigenvalue weighted by atomic mass is 9.83. The van der Waals surface area contributed by atoms with Gasteiger partial charge in [0.1, 0.15) is 16.1 Å². The van der Waals surface area contributed by atoms with Crippen LogP contribution in [-0.4, -0.2) is 16.1 Å². The summed E-state index contributed by atoms with van der Waals surface area (Å²) >= 11 is 0. The molecule has 284 valence electrons. The highest BCUT2D eigenvalue weighted by Gasteiger charge is 2.41. The minimum atomic E-state index is -2.03. The van der Waals surface area contributed by atoms with Gasteiger partial charge in [0.05, 0.1) is 0 Å². The van der Waals surface area contributed by atoms with E-state index >= 15 is 0 Å². The lowest BCUT2D eigenvalue weighted by Gasteiger charge is -2.25. The van der Waals surface area contributed by atoms with Crippen LogP contribution < -0.4 is 20.7 Å². The second-order valence-corrected chi connectivity index (χ2v) is 26.5. The molecule has 0 radical (unpaired) electrons. The first-order valence-corrected chi connectivity index (χ1v) is 27.4. The Morgan fingerprint density at radius 2 is 0.683 bits per heavy atom. The molecular weight excluding hydrogens is 753 g/mol. The van der Waals surface area contributed by atoms with E-state index in [-0.39, 0.29) is 0 Å². The smallest absolute Gasteiger partial charge is 0.0623 e. The third-order valence-corrected chi connectivity index (χ3v) is 21.2. The predicted molar refractivity (Wildman–Crippen MR) is 265 cm³/mol. The van der Waals surface area contributed by atoms with Gasteiger partial charge in [-0.15, -0.1) is 0 Å². The fraction of sp³-hybridized carbons (Fsp3) is 0.0690. The number of benzene rings is 10. The molecule has 0 unspecified atom stereocenters. The maximum absolute atomic E-state index is 2.56. The first kappa shape index (κ1) is 35.4. The van der Waals surface area contributed by atoms with Crippen molar-refractivity contribution in [2.45, 2.75) is 26.2 Å². The van der Waals surface area contributed by atoms with Crippen LogP contribution in [0.25, 0.3) is 99.1 Å². The van der Waals surface area contributed by atoms with Gasteiger partial charge >= 0.3 is 0 Å². The molecule has 0 atom stereocenters. The zero-order valence-electron chi connectivity index (χ0n) is 34.5. The quantitative estimate of drug-likeness (QED) is 0.123. The summed E-state index contributed by atoms with van der Waals surface area (Å²) in [5.74, 6) is 0. The van der Waals surface area contributed by atoms with Crippen LogP contribution in [0.3, 0.4) is 0 Å². The average Bonchev–Trinajstić information content (AvgIpc) is 3.68. The van der Waals surface area contributed by atoms with Crippen molar-refractivity contribution in [3.05, 3.63) is 194 Å². The number of hydrogen-bond acceptors (Lipinski definition) is 0. The largest absolute Gasteiger partial charge is 0.114 e. The van der Waals surface area contributed by atoms with Gasteiger partial charge in [-0.1, -0.05) is 202 Å². The second-order valence-electron chi connectivity index (χ2n) is 18.0. The van der Waals surface area contributed by atoms with E-state index in [0.717, 1.165) is 0 Å². The average molecular weight is 797 g/mol. The summed E-state index contributed by atoms with van der Waals surface area (Å²) in [4.78, 5) is 0. The van der Waals surface area contributed by atoms with Gasteiger partial charge in [-0.25, -0.2) is 0 Å².